The van der Waals surface area contributed by atoms with Crippen molar-refractivity contribution in [2.75, 3.05) is 20.2 Å². The summed E-state index contributed by atoms with van der Waals surface area (Å²) >= 11 is 0. The molecule has 1 saturated heterocycles. The van der Waals surface area contributed by atoms with Crippen molar-refractivity contribution in [3.8, 4) is 11.1 Å². The molecule has 7 heteroatoms. The molecule has 7 nitrogen and oxygen atoms in total. The van der Waals surface area contributed by atoms with Gasteiger partial charge in [-0.05, 0) is 28.8 Å². The van der Waals surface area contributed by atoms with E-state index in [0.717, 1.165) is 16.7 Å². The second kappa shape index (κ2) is 11.4. The summed E-state index contributed by atoms with van der Waals surface area (Å²) < 4.78 is 0. The van der Waals surface area contributed by atoms with Gasteiger partial charge in [-0.1, -0.05) is 78.0 Å². The van der Waals surface area contributed by atoms with E-state index in [1.165, 1.54) is 7.11 Å². The van der Waals surface area contributed by atoms with Gasteiger partial charge in [0.05, 0.1) is 18.4 Å². The van der Waals surface area contributed by atoms with Crippen molar-refractivity contribution in [2.45, 2.75) is 25.0 Å². The summed E-state index contributed by atoms with van der Waals surface area (Å²) in [4.78, 5) is 32.6. The Hall–Kier alpha value is -3.97. The molecule has 0 saturated carbocycles. The highest BCUT2D eigenvalue weighted by molar-refractivity contribution is 6.01. The molecular weight excluding hydrogens is 442 g/mol. The van der Waals surface area contributed by atoms with Gasteiger partial charge in [-0.2, -0.15) is 0 Å². The molecule has 1 heterocycles. The number of hydrogen-bond acceptors (Lipinski definition) is 5. The van der Waals surface area contributed by atoms with Crippen LogP contribution in [0.5, 0.6) is 0 Å². The minimum absolute atomic E-state index is 0.101. The van der Waals surface area contributed by atoms with Gasteiger partial charge >= 0.3 is 0 Å². The number of carbonyl (C=O) groups is 2. The van der Waals surface area contributed by atoms with E-state index in [-0.39, 0.29) is 30.8 Å². The van der Waals surface area contributed by atoms with Crippen molar-refractivity contribution < 1.29 is 19.5 Å². The van der Waals surface area contributed by atoms with Crippen molar-refractivity contribution in [3.05, 3.63) is 96.1 Å². The predicted octanol–water partition coefficient (Wildman–Crippen LogP) is 3.81. The highest BCUT2D eigenvalue weighted by Crippen LogP contribution is 2.24. The summed E-state index contributed by atoms with van der Waals surface area (Å²) in [6, 6.07) is 26.3. The zero-order valence-electron chi connectivity index (χ0n) is 19.6. The first-order valence-corrected chi connectivity index (χ1v) is 11.6. The molecule has 2 atom stereocenters. The van der Waals surface area contributed by atoms with Gasteiger partial charge in [0.2, 0.25) is 5.91 Å². The molecule has 180 valence electrons. The number of aliphatic hydroxyl groups is 1. The molecule has 4 rings (SSSR count). The minimum atomic E-state index is -0.796. The molecule has 2 amide bonds. The number of benzene rings is 3. The molecule has 0 aromatic heterocycles. The van der Waals surface area contributed by atoms with Crippen LogP contribution >= 0.6 is 0 Å². The third-order valence-corrected chi connectivity index (χ3v) is 6.08. The second-order valence-electron chi connectivity index (χ2n) is 8.51. The van der Waals surface area contributed by atoms with Crippen LogP contribution in [0.25, 0.3) is 11.1 Å². The summed E-state index contributed by atoms with van der Waals surface area (Å²) in [5.74, 6) is -0.395. The minimum Gasteiger partial charge on any atom is -0.399 e. The van der Waals surface area contributed by atoms with Gasteiger partial charge in [0.1, 0.15) is 7.11 Å². The Morgan fingerprint density at radius 3 is 2.29 bits per heavy atom. The Bertz CT molecular complexity index is 1160. The van der Waals surface area contributed by atoms with E-state index in [1.807, 2.05) is 84.9 Å². The van der Waals surface area contributed by atoms with Crippen LogP contribution in [0.2, 0.25) is 0 Å². The molecule has 0 bridgehead atoms. The Kier molecular flexibility index (Phi) is 7.90. The smallest absolute Gasteiger partial charge is 0.254 e. The maximum absolute atomic E-state index is 13.3. The van der Waals surface area contributed by atoms with E-state index in [1.54, 1.807) is 4.90 Å². The molecule has 1 aliphatic rings. The van der Waals surface area contributed by atoms with Crippen LogP contribution in [0, 0.1) is 0 Å². The maximum atomic E-state index is 13.3. The fourth-order valence-corrected chi connectivity index (χ4v) is 4.28. The van der Waals surface area contributed by atoms with Gasteiger partial charge in [-0.15, -0.1) is 0 Å². The summed E-state index contributed by atoms with van der Waals surface area (Å²) in [5.41, 5.74) is 4.10. The van der Waals surface area contributed by atoms with E-state index < -0.39 is 6.10 Å². The molecule has 1 fully saturated rings. The van der Waals surface area contributed by atoms with E-state index in [2.05, 4.69) is 10.5 Å². The number of likely N-dealkylation sites (tertiary alicyclic amines) is 1. The molecule has 0 spiro atoms. The first kappa shape index (κ1) is 24.2. The van der Waals surface area contributed by atoms with Crippen LogP contribution in [-0.2, 0) is 9.63 Å². The van der Waals surface area contributed by atoms with Gasteiger partial charge in [0.25, 0.3) is 5.91 Å². The van der Waals surface area contributed by atoms with E-state index >= 15 is 0 Å². The highest BCUT2D eigenvalue weighted by atomic mass is 16.6. The number of rotatable bonds is 8. The third kappa shape index (κ3) is 6.13. The van der Waals surface area contributed by atoms with Crippen LogP contribution in [0.3, 0.4) is 0 Å². The molecular formula is C28H29N3O4. The summed E-state index contributed by atoms with van der Waals surface area (Å²) in [7, 11) is 1.46. The number of amides is 2. The maximum Gasteiger partial charge on any atom is 0.254 e. The van der Waals surface area contributed by atoms with E-state index in [9.17, 15) is 14.7 Å². The van der Waals surface area contributed by atoms with Crippen molar-refractivity contribution in [3.63, 3.8) is 0 Å². The number of hydrogen-bond donors (Lipinski definition) is 2. The molecule has 3 aromatic rings. The van der Waals surface area contributed by atoms with Crippen molar-refractivity contribution in [2.24, 2.45) is 5.16 Å². The van der Waals surface area contributed by atoms with Gasteiger partial charge < -0.3 is 20.2 Å². The predicted molar refractivity (Wildman–Crippen MR) is 135 cm³/mol. The first-order chi connectivity index (χ1) is 17.0. The number of carbonyl (C=O) groups excluding carboxylic acids is 2. The lowest BCUT2D eigenvalue weighted by Gasteiger charge is -2.24. The fourth-order valence-electron chi connectivity index (χ4n) is 4.28. The highest BCUT2D eigenvalue weighted by Gasteiger charge is 2.35. The molecule has 3 aromatic carbocycles. The Morgan fingerprint density at radius 2 is 1.63 bits per heavy atom. The number of oxime groups is 1. The summed E-state index contributed by atoms with van der Waals surface area (Å²) in [5, 5.41) is 17.1. The summed E-state index contributed by atoms with van der Waals surface area (Å²) in [6.07, 6.45) is -0.232. The molecule has 35 heavy (non-hydrogen) atoms. The quantitative estimate of drug-likeness (QED) is 0.489. The van der Waals surface area contributed by atoms with Crippen LogP contribution in [0.4, 0.5) is 0 Å². The lowest BCUT2D eigenvalue weighted by Crippen LogP contribution is -2.40. The van der Waals surface area contributed by atoms with Crippen molar-refractivity contribution in [1.82, 2.24) is 10.2 Å². The topological polar surface area (TPSA) is 91.2 Å². The van der Waals surface area contributed by atoms with E-state index in [0.29, 0.717) is 24.2 Å². The van der Waals surface area contributed by atoms with Gasteiger partial charge in [0, 0.05) is 31.0 Å². The van der Waals surface area contributed by atoms with E-state index in [4.69, 9.17) is 4.84 Å². The van der Waals surface area contributed by atoms with Crippen LogP contribution in [-0.4, -0.2) is 53.8 Å². The normalized spacial score (nSPS) is 17.3. The lowest BCUT2D eigenvalue weighted by molar-refractivity contribution is -0.122. The lowest BCUT2D eigenvalue weighted by atomic mass is 10.0. The molecule has 1 aliphatic heterocycles. The monoisotopic (exact) mass is 471 g/mol. The molecule has 0 aliphatic carbocycles. The average Bonchev–Trinajstić information content (AvgIpc) is 3.30. The van der Waals surface area contributed by atoms with Gasteiger partial charge in [-0.25, -0.2) is 0 Å². The van der Waals surface area contributed by atoms with Crippen LogP contribution in [0.15, 0.2) is 90.1 Å². The second-order valence-corrected chi connectivity index (χ2v) is 8.51. The fraction of sp³-hybridized carbons (Fsp3) is 0.250. The van der Waals surface area contributed by atoms with Crippen LogP contribution in [0.1, 0.15) is 34.9 Å². The van der Waals surface area contributed by atoms with Gasteiger partial charge in [0.15, 0.2) is 0 Å². The first-order valence-electron chi connectivity index (χ1n) is 11.6. The molecule has 1 unspecified atom stereocenters. The van der Waals surface area contributed by atoms with Crippen molar-refractivity contribution in [1.29, 1.82) is 0 Å². The Balaban J connectivity index is 1.42. The molecule has 0 radical (unpaired) electrons. The SMILES string of the molecule is CON=C1CC(CC(=O)NC[C@H](O)c2ccccc2)N(C(=O)c2ccc(-c3ccccc3)cc2)C1. The number of aliphatic hydroxyl groups excluding tert-OH is 1. The van der Waals surface area contributed by atoms with Gasteiger partial charge in [-0.3, -0.25) is 9.59 Å². The number of nitrogens with zero attached hydrogens (tertiary/aromatic N) is 2. The zero-order chi connectivity index (χ0) is 24.6. The largest absolute Gasteiger partial charge is 0.399 e. The van der Waals surface area contributed by atoms with Crippen molar-refractivity contribution >= 4 is 17.5 Å². The molecule has 2 N–H and O–H groups in total. The van der Waals surface area contributed by atoms with Crippen LogP contribution < -0.4 is 5.32 Å². The Labute approximate surface area is 205 Å². The third-order valence-electron chi connectivity index (χ3n) is 6.08. The average molecular weight is 472 g/mol. The number of nitrogens with one attached hydrogen (secondary N) is 1. The summed E-state index contributed by atoms with van der Waals surface area (Å²) in [6.45, 7) is 0.404. The zero-order valence-corrected chi connectivity index (χ0v) is 19.6. The standard InChI is InChI=1S/C28H29N3O4/c1-35-30-24-16-25(17-27(33)29-18-26(32)22-10-6-3-7-11-22)31(19-24)28(34)23-14-12-21(13-15-23)20-8-4-2-5-9-20/h2-15,25-26,32H,16-19H2,1H3,(H,29,33)/t25?,26-/m0/s1. The Morgan fingerprint density at radius 1 is 1.00 bits per heavy atom.